The zero-order chi connectivity index (χ0) is 16.1. The van der Waals surface area contributed by atoms with Crippen molar-refractivity contribution in [1.82, 2.24) is 9.97 Å². The average molecular weight is 308 g/mol. The zero-order valence-corrected chi connectivity index (χ0v) is 13.1. The number of nitrogens with zero attached hydrogens (tertiary/aromatic N) is 2. The number of aromatic nitrogens is 2. The maximum atomic E-state index is 5.55. The van der Waals surface area contributed by atoms with Gasteiger partial charge in [0.15, 0.2) is 0 Å². The molecule has 3 rings (SSSR count). The van der Waals surface area contributed by atoms with E-state index in [0.717, 1.165) is 46.6 Å². The molecule has 3 aromatic rings. The van der Waals surface area contributed by atoms with Crippen LogP contribution in [0.5, 0.6) is 5.75 Å². The second-order valence-electron chi connectivity index (χ2n) is 5.25. The van der Waals surface area contributed by atoms with E-state index in [0.29, 0.717) is 6.54 Å². The van der Waals surface area contributed by atoms with Gasteiger partial charge in [-0.25, -0.2) is 4.98 Å². The summed E-state index contributed by atoms with van der Waals surface area (Å²) >= 11 is 0. The summed E-state index contributed by atoms with van der Waals surface area (Å²) in [6.45, 7) is 1.46. The highest BCUT2D eigenvalue weighted by Crippen LogP contribution is 2.27. The lowest BCUT2D eigenvalue weighted by atomic mass is 10.1. The van der Waals surface area contributed by atoms with Gasteiger partial charge >= 0.3 is 0 Å². The molecular weight excluding hydrogens is 288 g/mol. The molecule has 0 amide bonds. The van der Waals surface area contributed by atoms with E-state index in [1.165, 1.54) is 0 Å². The molecule has 1 aromatic carbocycles. The Hall–Kier alpha value is -2.66. The predicted molar refractivity (Wildman–Crippen MR) is 93.7 cm³/mol. The molecule has 5 nitrogen and oxygen atoms in total. The van der Waals surface area contributed by atoms with Gasteiger partial charge in [-0.1, -0.05) is 12.1 Å². The second kappa shape index (κ2) is 7.07. The minimum absolute atomic E-state index is 0.660. The van der Waals surface area contributed by atoms with Crippen LogP contribution in [0.3, 0.4) is 0 Å². The van der Waals surface area contributed by atoms with Gasteiger partial charge in [-0.2, -0.15) is 0 Å². The number of hydrogen-bond donors (Lipinski definition) is 2. The van der Waals surface area contributed by atoms with E-state index in [9.17, 15) is 0 Å². The summed E-state index contributed by atoms with van der Waals surface area (Å²) in [7, 11) is 1.66. The van der Waals surface area contributed by atoms with Gasteiger partial charge in [0.25, 0.3) is 0 Å². The Bertz CT molecular complexity index is 787. The molecule has 3 N–H and O–H groups in total. The van der Waals surface area contributed by atoms with Crippen LogP contribution in [0.4, 0.5) is 5.82 Å². The van der Waals surface area contributed by atoms with Crippen molar-refractivity contribution in [2.24, 2.45) is 5.73 Å². The number of methoxy groups -OCH3 is 1. The van der Waals surface area contributed by atoms with Crippen molar-refractivity contribution in [3.8, 4) is 16.9 Å². The van der Waals surface area contributed by atoms with Crippen LogP contribution in [-0.2, 0) is 0 Å². The van der Waals surface area contributed by atoms with Gasteiger partial charge in [0.05, 0.1) is 12.6 Å². The zero-order valence-electron chi connectivity index (χ0n) is 13.1. The number of ether oxygens (including phenoxy) is 1. The van der Waals surface area contributed by atoms with Gasteiger partial charge < -0.3 is 15.8 Å². The number of rotatable bonds is 6. The molecule has 0 radical (unpaired) electrons. The molecule has 23 heavy (non-hydrogen) atoms. The SMILES string of the molecule is COc1ccc(-c2cnc3ccnc(NCCCN)c3c2)cc1. The molecule has 0 saturated heterocycles. The molecule has 0 spiro atoms. The first kappa shape index (κ1) is 15.2. The summed E-state index contributed by atoms with van der Waals surface area (Å²) in [6.07, 6.45) is 4.56. The van der Waals surface area contributed by atoms with Gasteiger partial charge in [0.1, 0.15) is 11.6 Å². The molecule has 0 atom stereocenters. The first-order chi connectivity index (χ1) is 11.3. The molecule has 0 unspecified atom stereocenters. The molecular formula is C18H20N4O. The largest absolute Gasteiger partial charge is 0.497 e. The van der Waals surface area contributed by atoms with Crippen molar-refractivity contribution in [2.75, 3.05) is 25.5 Å². The Balaban J connectivity index is 1.97. The molecule has 0 fully saturated rings. The highest BCUT2D eigenvalue weighted by Gasteiger charge is 2.06. The molecule has 0 saturated carbocycles. The minimum Gasteiger partial charge on any atom is -0.497 e. The molecule has 118 valence electrons. The maximum absolute atomic E-state index is 5.55. The maximum Gasteiger partial charge on any atom is 0.135 e. The lowest BCUT2D eigenvalue weighted by Crippen LogP contribution is -2.09. The molecule has 2 aromatic heterocycles. The average Bonchev–Trinajstić information content (AvgIpc) is 2.62. The summed E-state index contributed by atoms with van der Waals surface area (Å²) < 4.78 is 5.20. The minimum atomic E-state index is 0.660. The summed E-state index contributed by atoms with van der Waals surface area (Å²) in [6, 6.07) is 12.0. The topological polar surface area (TPSA) is 73.1 Å². The van der Waals surface area contributed by atoms with Crippen molar-refractivity contribution >= 4 is 16.7 Å². The quantitative estimate of drug-likeness (QED) is 0.685. The van der Waals surface area contributed by atoms with Gasteiger partial charge in [-0.3, -0.25) is 4.98 Å². The van der Waals surface area contributed by atoms with E-state index in [1.54, 1.807) is 13.3 Å². The van der Waals surface area contributed by atoms with Crippen molar-refractivity contribution < 1.29 is 4.74 Å². The summed E-state index contributed by atoms with van der Waals surface area (Å²) in [5.74, 6) is 1.69. The van der Waals surface area contributed by atoms with Crippen molar-refractivity contribution in [1.29, 1.82) is 0 Å². The Morgan fingerprint density at radius 3 is 2.65 bits per heavy atom. The fourth-order valence-corrected chi connectivity index (χ4v) is 2.44. The summed E-state index contributed by atoms with van der Waals surface area (Å²) in [5, 5.41) is 4.35. The third kappa shape index (κ3) is 3.40. The van der Waals surface area contributed by atoms with E-state index >= 15 is 0 Å². The fourth-order valence-electron chi connectivity index (χ4n) is 2.44. The van der Waals surface area contributed by atoms with Crippen LogP contribution in [0.2, 0.25) is 0 Å². The molecule has 2 heterocycles. The Morgan fingerprint density at radius 2 is 1.91 bits per heavy atom. The number of fused-ring (bicyclic) bond motifs is 1. The van der Waals surface area contributed by atoms with Crippen LogP contribution >= 0.6 is 0 Å². The van der Waals surface area contributed by atoms with Crippen LogP contribution in [0.25, 0.3) is 22.0 Å². The van der Waals surface area contributed by atoms with Crippen LogP contribution in [0.15, 0.2) is 48.8 Å². The molecule has 0 aliphatic carbocycles. The lowest BCUT2D eigenvalue weighted by Gasteiger charge is -2.09. The van der Waals surface area contributed by atoms with Crippen LogP contribution in [-0.4, -0.2) is 30.2 Å². The standard InChI is InChI=1S/C18H20N4O/c1-23-15-5-3-13(4-6-15)14-11-16-17(22-12-14)7-10-21-18(16)20-9-2-8-19/h3-7,10-12H,2,8-9,19H2,1H3,(H,20,21). The van der Waals surface area contributed by atoms with Crippen LogP contribution < -0.4 is 15.8 Å². The number of pyridine rings is 2. The number of hydrogen-bond acceptors (Lipinski definition) is 5. The third-order valence-corrected chi connectivity index (χ3v) is 3.71. The molecule has 5 heteroatoms. The molecule has 0 aliphatic rings. The van der Waals surface area contributed by atoms with E-state index in [1.807, 2.05) is 36.5 Å². The smallest absolute Gasteiger partial charge is 0.135 e. The van der Waals surface area contributed by atoms with Crippen molar-refractivity contribution in [2.45, 2.75) is 6.42 Å². The Kier molecular flexibility index (Phi) is 4.68. The third-order valence-electron chi connectivity index (χ3n) is 3.71. The van der Waals surface area contributed by atoms with Gasteiger partial charge in [0, 0.05) is 29.9 Å². The van der Waals surface area contributed by atoms with E-state index in [4.69, 9.17) is 10.5 Å². The fraction of sp³-hybridized carbons (Fsp3) is 0.222. The van der Waals surface area contributed by atoms with Crippen LogP contribution in [0, 0.1) is 0 Å². The number of nitrogens with two attached hydrogens (primary N) is 1. The predicted octanol–water partition coefficient (Wildman–Crippen LogP) is 3.07. The Morgan fingerprint density at radius 1 is 1.09 bits per heavy atom. The van der Waals surface area contributed by atoms with Crippen molar-refractivity contribution in [3.63, 3.8) is 0 Å². The number of anilines is 1. The van der Waals surface area contributed by atoms with Crippen molar-refractivity contribution in [3.05, 3.63) is 48.8 Å². The van der Waals surface area contributed by atoms with Gasteiger partial charge in [0.2, 0.25) is 0 Å². The van der Waals surface area contributed by atoms with E-state index in [2.05, 4.69) is 21.4 Å². The van der Waals surface area contributed by atoms with E-state index < -0.39 is 0 Å². The number of nitrogens with one attached hydrogen (secondary N) is 1. The Labute approximate surface area is 135 Å². The lowest BCUT2D eigenvalue weighted by molar-refractivity contribution is 0.415. The molecule has 0 aliphatic heterocycles. The van der Waals surface area contributed by atoms with Gasteiger partial charge in [-0.15, -0.1) is 0 Å². The van der Waals surface area contributed by atoms with Crippen LogP contribution in [0.1, 0.15) is 6.42 Å². The highest BCUT2D eigenvalue weighted by molar-refractivity contribution is 5.92. The first-order valence-electron chi connectivity index (χ1n) is 7.65. The number of benzene rings is 1. The second-order valence-corrected chi connectivity index (χ2v) is 5.25. The summed E-state index contributed by atoms with van der Waals surface area (Å²) in [4.78, 5) is 8.98. The summed E-state index contributed by atoms with van der Waals surface area (Å²) in [5.41, 5.74) is 8.62. The van der Waals surface area contributed by atoms with Gasteiger partial charge in [-0.05, 0) is 42.8 Å². The first-order valence-corrected chi connectivity index (χ1v) is 7.65. The highest BCUT2D eigenvalue weighted by atomic mass is 16.5. The normalized spacial score (nSPS) is 10.7. The molecule has 0 bridgehead atoms. The monoisotopic (exact) mass is 308 g/mol. The van der Waals surface area contributed by atoms with E-state index in [-0.39, 0.29) is 0 Å².